The molecule has 1 aliphatic heterocycles. The van der Waals surface area contributed by atoms with Crippen LogP contribution < -0.4 is 26.6 Å². The number of hydrogen-bond acceptors (Lipinski definition) is 10. The van der Waals surface area contributed by atoms with Gasteiger partial charge in [0.2, 0.25) is 23.6 Å². The molecule has 1 aromatic carbocycles. The van der Waals surface area contributed by atoms with E-state index in [2.05, 4.69) is 26.6 Å². The van der Waals surface area contributed by atoms with Crippen molar-refractivity contribution in [2.45, 2.75) is 177 Å². The van der Waals surface area contributed by atoms with Gasteiger partial charge in [-0.25, -0.2) is 9.59 Å². The number of unbranched alkanes of at least 4 members (excludes halogenated alkanes) is 1. The molecular formula is C53H80N6O10. The number of nitrogens with zero attached hydrogens (tertiary/aromatic N) is 1. The molecule has 5 atom stereocenters. The smallest absolute Gasteiger partial charge is 0.408 e. The molecule has 382 valence electrons. The maximum Gasteiger partial charge on any atom is 0.408 e. The van der Waals surface area contributed by atoms with Gasteiger partial charge in [-0.05, 0) is 131 Å². The first-order valence-corrected chi connectivity index (χ1v) is 24.7. The van der Waals surface area contributed by atoms with Crippen LogP contribution in [0.5, 0.6) is 0 Å². The van der Waals surface area contributed by atoms with Crippen LogP contribution in [0.2, 0.25) is 0 Å². The lowest BCUT2D eigenvalue weighted by Gasteiger charge is -2.30. The predicted molar refractivity (Wildman–Crippen MR) is 266 cm³/mol. The van der Waals surface area contributed by atoms with E-state index >= 15 is 0 Å². The third-order valence-corrected chi connectivity index (χ3v) is 12.1. The molecule has 3 rings (SSSR count). The summed E-state index contributed by atoms with van der Waals surface area (Å²) in [5.41, 5.74) is 2.01. The Morgan fingerprint density at radius 2 is 1.45 bits per heavy atom. The monoisotopic (exact) mass is 961 g/mol. The number of alkyl carbamates (subject to hydrolysis) is 2. The Morgan fingerprint density at radius 3 is 2.07 bits per heavy atom. The number of carbonyl (C=O) groups excluding carboxylic acids is 8. The van der Waals surface area contributed by atoms with Crippen molar-refractivity contribution in [2.24, 2.45) is 17.8 Å². The lowest BCUT2D eigenvalue weighted by atomic mass is 9.84. The van der Waals surface area contributed by atoms with Crippen molar-refractivity contribution in [1.82, 2.24) is 31.5 Å². The van der Waals surface area contributed by atoms with Gasteiger partial charge in [0.25, 0.3) is 0 Å². The zero-order valence-electron chi connectivity index (χ0n) is 43.2. The van der Waals surface area contributed by atoms with E-state index in [-0.39, 0.29) is 60.8 Å². The fourth-order valence-corrected chi connectivity index (χ4v) is 8.33. The van der Waals surface area contributed by atoms with Crippen molar-refractivity contribution in [2.75, 3.05) is 19.7 Å². The molecular weight excluding hydrogens is 881 g/mol. The van der Waals surface area contributed by atoms with E-state index in [0.717, 1.165) is 5.56 Å². The summed E-state index contributed by atoms with van der Waals surface area (Å²) in [5.74, 6) is -2.73. The van der Waals surface area contributed by atoms with Gasteiger partial charge in [0.1, 0.15) is 23.7 Å². The highest BCUT2D eigenvalue weighted by Crippen LogP contribution is 2.27. The first kappa shape index (κ1) is 57.5. The SMILES string of the molecule is CC1=C(C)C(=O)C(CCCOC(=O)NCCCC[C@H](NC(=O)[C@@H](NC(=O)[C@@H]2CCCN2C(=O)[C@H](/C=C/[C@H](CC(C)C)NC(=O)OC(C)(C)C)Cc2ccccc2)C(C)C)C(=O)NC(C)C)=C(C)C1=O. The second kappa shape index (κ2) is 27.4. The number of allylic oxidation sites excluding steroid dienone is 4. The van der Waals surface area contributed by atoms with Crippen molar-refractivity contribution >= 4 is 47.4 Å². The van der Waals surface area contributed by atoms with Crippen molar-refractivity contribution < 1.29 is 47.8 Å². The van der Waals surface area contributed by atoms with Crippen LogP contribution in [-0.2, 0) is 44.7 Å². The normalized spacial score (nSPS) is 17.3. The average Bonchev–Trinajstić information content (AvgIpc) is 3.76. The van der Waals surface area contributed by atoms with E-state index in [1.54, 1.807) is 60.3 Å². The third kappa shape index (κ3) is 18.9. The van der Waals surface area contributed by atoms with E-state index in [9.17, 15) is 38.4 Å². The van der Waals surface area contributed by atoms with Crippen molar-refractivity contribution in [3.8, 4) is 0 Å². The molecule has 6 amide bonds. The molecule has 5 N–H and O–H groups in total. The van der Waals surface area contributed by atoms with Gasteiger partial charge in [-0.3, -0.25) is 28.8 Å². The molecule has 0 saturated carbocycles. The average molecular weight is 961 g/mol. The van der Waals surface area contributed by atoms with Gasteiger partial charge < -0.3 is 41.0 Å². The lowest BCUT2D eigenvalue weighted by molar-refractivity contribution is -0.141. The number of carbonyl (C=O) groups is 8. The van der Waals surface area contributed by atoms with E-state index in [4.69, 9.17) is 9.47 Å². The molecule has 0 radical (unpaired) electrons. The molecule has 1 aliphatic carbocycles. The summed E-state index contributed by atoms with van der Waals surface area (Å²) < 4.78 is 10.8. The second-order valence-electron chi connectivity index (χ2n) is 20.4. The Kier molecular flexibility index (Phi) is 22.8. The molecule has 0 bridgehead atoms. The molecule has 1 saturated heterocycles. The number of benzene rings is 1. The summed E-state index contributed by atoms with van der Waals surface area (Å²) in [6.45, 7) is 22.3. The molecule has 16 heteroatoms. The highest BCUT2D eigenvalue weighted by atomic mass is 16.6. The first-order chi connectivity index (χ1) is 32.4. The van der Waals surface area contributed by atoms with Gasteiger partial charge in [-0.15, -0.1) is 0 Å². The van der Waals surface area contributed by atoms with Crippen LogP contribution in [-0.4, -0.2) is 108 Å². The summed E-state index contributed by atoms with van der Waals surface area (Å²) in [4.78, 5) is 108. The van der Waals surface area contributed by atoms with Crippen LogP contribution in [0.1, 0.15) is 140 Å². The Bertz CT molecular complexity index is 2070. The molecule has 0 spiro atoms. The Labute approximate surface area is 410 Å². The minimum absolute atomic E-state index is 0.0552. The molecule has 1 fully saturated rings. The van der Waals surface area contributed by atoms with Crippen LogP contribution in [0.3, 0.4) is 0 Å². The maximum absolute atomic E-state index is 14.5. The molecule has 16 nitrogen and oxygen atoms in total. The van der Waals surface area contributed by atoms with E-state index in [1.807, 2.05) is 70.2 Å². The molecule has 0 aromatic heterocycles. The number of ketones is 2. The van der Waals surface area contributed by atoms with Gasteiger partial charge in [-0.1, -0.05) is 70.2 Å². The number of amides is 6. The number of likely N-dealkylation sites (tertiary alicyclic amines) is 1. The summed E-state index contributed by atoms with van der Waals surface area (Å²) in [7, 11) is 0. The van der Waals surface area contributed by atoms with Crippen LogP contribution in [0.25, 0.3) is 0 Å². The molecule has 2 aliphatic rings. The summed E-state index contributed by atoms with van der Waals surface area (Å²) in [6.07, 6.45) is 6.29. The Hall–Kier alpha value is -5.80. The number of Topliss-reactive ketones (excluding diaryl/α,β-unsaturated/α-hetero) is 2. The molecule has 69 heavy (non-hydrogen) atoms. The fourth-order valence-electron chi connectivity index (χ4n) is 8.33. The van der Waals surface area contributed by atoms with Crippen LogP contribution >= 0.6 is 0 Å². The minimum Gasteiger partial charge on any atom is -0.450 e. The standard InChI is InChI=1S/C53H80N6O10/c1-32(2)30-40(56-52(67)69-53(10,11)12)26-25-39(31-38-20-14-13-15-21-38)50(65)59-28-18-24-43(59)48(63)58-44(33(3)4)49(64)57-42(47(62)55-34(5)6)23-16-17-27-54-51(66)68-29-19-22-41-37(9)45(60)35(7)36(8)46(41)61/h13-15,20-21,25-26,32-34,39-40,42-44H,16-19,22-24,27-31H2,1-12H3,(H,54,66)(H,55,62)(H,56,67)(H,57,64)(H,58,63)/b26-25+/t39-,40-,42+,43+,44+/m1/s1. The first-order valence-electron chi connectivity index (χ1n) is 24.7. The number of rotatable bonds is 24. The van der Waals surface area contributed by atoms with E-state index in [1.165, 1.54) is 0 Å². The predicted octanol–water partition coefficient (Wildman–Crippen LogP) is 6.96. The largest absolute Gasteiger partial charge is 0.450 e. The van der Waals surface area contributed by atoms with Crippen LogP contribution in [0.15, 0.2) is 64.8 Å². The summed E-state index contributed by atoms with van der Waals surface area (Å²) in [6, 6.07) is 6.20. The minimum atomic E-state index is -1.02. The number of nitrogens with one attached hydrogen (secondary N) is 5. The zero-order chi connectivity index (χ0) is 51.6. The summed E-state index contributed by atoms with van der Waals surface area (Å²) >= 11 is 0. The Balaban J connectivity index is 1.64. The summed E-state index contributed by atoms with van der Waals surface area (Å²) in [5, 5.41) is 14.3. The highest BCUT2D eigenvalue weighted by molar-refractivity contribution is 6.24. The van der Waals surface area contributed by atoms with Crippen molar-refractivity contribution in [1.29, 1.82) is 0 Å². The van der Waals surface area contributed by atoms with Crippen LogP contribution in [0, 0.1) is 17.8 Å². The molecule has 1 aromatic rings. The molecule has 1 heterocycles. The third-order valence-electron chi connectivity index (χ3n) is 12.1. The van der Waals surface area contributed by atoms with Gasteiger partial charge in [0.15, 0.2) is 11.6 Å². The van der Waals surface area contributed by atoms with Crippen molar-refractivity contribution in [3.63, 3.8) is 0 Å². The number of hydrogen-bond donors (Lipinski definition) is 5. The van der Waals surface area contributed by atoms with Gasteiger partial charge >= 0.3 is 12.2 Å². The van der Waals surface area contributed by atoms with E-state index < -0.39 is 59.7 Å². The second-order valence-corrected chi connectivity index (χ2v) is 20.4. The highest BCUT2D eigenvalue weighted by Gasteiger charge is 2.39. The quantitative estimate of drug-likeness (QED) is 0.0408. The fraction of sp³-hybridized carbons (Fsp3) is 0.623. The van der Waals surface area contributed by atoms with Gasteiger partial charge in [-0.2, -0.15) is 0 Å². The van der Waals surface area contributed by atoms with Crippen molar-refractivity contribution in [3.05, 3.63) is 70.3 Å². The number of ether oxygens (including phenoxy) is 2. The Morgan fingerprint density at radius 1 is 0.783 bits per heavy atom. The molecule has 0 unspecified atom stereocenters. The topological polar surface area (TPSA) is 218 Å². The van der Waals surface area contributed by atoms with Gasteiger partial charge in [0.05, 0.1) is 18.6 Å². The van der Waals surface area contributed by atoms with Crippen LogP contribution in [0.4, 0.5) is 9.59 Å². The maximum atomic E-state index is 14.5. The van der Waals surface area contributed by atoms with E-state index in [0.29, 0.717) is 80.2 Å². The van der Waals surface area contributed by atoms with Gasteiger partial charge in [0, 0.05) is 41.4 Å². The lowest BCUT2D eigenvalue weighted by Crippen LogP contribution is -2.58. The zero-order valence-corrected chi connectivity index (χ0v) is 43.2.